The summed E-state index contributed by atoms with van der Waals surface area (Å²) in [6, 6.07) is 7.83. The first-order valence-corrected chi connectivity index (χ1v) is 8.85. The van der Waals surface area contributed by atoms with Gasteiger partial charge in [-0.15, -0.1) is 0 Å². The highest BCUT2D eigenvalue weighted by molar-refractivity contribution is 5.98. The molecular formula is C20H23FN4O2. The number of hydrogen-bond acceptors (Lipinski definition) is 4. The SMILES string of the molecule is Cc1nc2c(cnn2C(C)C)cc1C(=O)N(C)CCOc1ccc(F)cc1. The van der Waals surface area contributed by atoms with E-state index in [4.69, 9.17) is 4.74 Å². The summed E-state index contributed by atoms with van der Waals surface area (Å²) in [5.74, 6) is 0.133. The maximum absolute atomic E-state index is 12.9. The molecule has 0 unspecified atom stereocenters. The van der Waals surface area contributed by atoms with Gasteiger partial charge in [0.05, 0.1) is 24.0 Å². The second-order valence-corrected chi connectivity index (χ2v) is 6.75. The molecule has 3 rings (SSSR count). The van der Waals surface area contributed by atoms with Crippen LogP contribution in [0.2, 0.25) is 0 Å². The third-order valence-electron chi connectivity index (χ3n) is 4.33. The molecule has 0 atom stereocenters. The fourth-order valence-corrected chi connectivity index (χ4v) is 2.80. The monoisotopic (exact) mass is 370 g/mol. The zero-order valence-corrected chi connectivity index (χ0v) is 15.9. The number of aromatic nitrogens is 3. The van der Waals surface area contributed by atoms with Gasteiger partial charge in [-0.25, -0.2) is 14.1 Å². The molecule has 0 fully saturated rings. The molecule has 0 N–H and O–H groups in total. The standard InChI is InChI=1S/C20H23FN4O2/c1-13(2)25-19-15(12-22-25)11-18(14(3)23-19)20(26)24(4)9-10-27-17-7-5-16(21)6-8-17/h5-8,11-13H,9-10H2,1-4H3. The molecule has 2 heterocycles. The molecule has 0 radical (unpaired) electrons. The van der Waals surface area contributed by atoms with Crippen LogP contribution in [-0.2, 0) is 0 Å². The Bertz CT molecular complexity index is 951. The number of fused-ring (bicyclic) bond motifs is 1. The van der Waals surface area contributed by atoms with Crippen molar-refractivity contribution in [3.63, 3.8) is 0 Å². The van der Waals surface area contributed by atoms with Crippen LogP contribution in [0.15, 0.2) is 36.5 Å². The number of likely N-dealkylation sites (N-methyl/N-ethyl adjacent to an activating group) is 1. The van der Waals surface area contributed by atoms with Crippen molar-refractivity contribution in [3.05, 3.63) is 53.6 Å². The highest BCUT2D eigenvalue weighted by Gasteiger charge is 2.18. The van der Waals surface area contributed by atoms with E-state index < -0.39 is 0 Å². The lowest BCUT2D eigenvalue weighted by molar-refractivity contribution is 0.0772. The van der Waals surface area contributed by atoms with Crippen LogP contribution in [0.4, 0.5) is 4.39 Å². The number of amides is 1. The molecule has 1 aromatic carbocycles. The molecule has 0 aliphatic carbocycles. The minimum atomic E-state index is -0.311. The van der Waals surface area contributed by atoms with E-state index in [1.165, 1.54) is 12.1 Å². The van der Waals surface area contributed by atoms with Gasteiger partial charge in [-0.2, -0.15) is 5.10 Å². The van der Waals surface area contributed by atoms with Gasteiger partial charge in [0.15, 0.2) is 5.65 Å². The van der Waals surface area contributed by atoms with Crippen molar-refractivity contribution in [2.24, 2.45) is 0 Å². The van der Waals surface area contributed by atoms with Gasteiger partial charge in [-0.1, -0.05) is 0 Å². The minimum absolute atomic E-state index is 0.123. The normalized spacial score (nSPS) is 11.2. The van der Waals surface area contributed by atoms with Crippen LogP contribution in [0.25, 0.3) is 11.0 Å². The second kappa shape index (κ2) is 7.73. The lowest BCUT2D eigenvalue weighted by Crippen LogP contribution is -2.31. The van der Waals surface area contributed by atoms with E-state index in [0.717, 1.165) is 11.0 Å². The van der Waals surface area contributed by atoms with Crippen LogP contribution >= 0.6 is 0 Å². The van der Waals surface area contributed by atoms with Crippen molar-refractivity contribution in [1.82, 2.24) is 19.7 Å². The average molecular weight is 370 g/mol. The van der Waals surface area contributed by atoms with Crippen LogP contribution in [0, 0.1) is 12.7 Å². The number of pyridine rings is 1. The summed E-state index contributed by atoms with van der Waals surface area (Å²) < 4.78 is 20.3. The van der Waals surface area contributed by atoms with E-state index >= 15 is 0 Å². The van der Waals surface area contributed by atoms with Crippen LogP contribution in [0.3, 0.4) is 0 Å². The van der Waals surface area contributed by atoms with Gasteiger partial charge in [0.1, 0.15) is 18.2 Å². The smallest absolute Gasteiger partial charge is 0.255 e. The Morgan fingerprint density at radius 2 is 2.00 bits per heavy atom. The zero-order valence-electron chi connectivity index (χ0n) is 15.9. The Kier molecular flexibility index (Phi) is 5.39. The largest absolute Gasteiger partial charge is 0.492 e. The van der Waals surface area contributed by atoms with Crippen molar-refractivity contribution >= 4 is 16.9 Å². The minimum Gasteiger partial charge on any atom is -0.492 e. The van der Waals surface area contributed by atoms with E-state index in [9.17, 15) is 9.18 Å². The molecule has 0 saturated heterocycles. The predicted molar refractivity (Wildman–Crippen MR) is 102 cm³/mol. The Morgan fingerprint density at radius 1 is 1.30 bits per heavy atom. The Balaban J connectivity index is 1.69. The van der Waals surface area contributed by atoms with Gasteiger partial charge in [0.25, 0.3) is 5.91 Å². The molecule has 3 aromatic rings. The Labute approximate surface area is 157 Å². The van der Waals surface area contributed by atoms with Crippen molar-refractivity contribution in [2.75, 3.05) is 20.2 Å². The first-order valence-electron chi connectivity index (χ1n) is 8.85. The van der Waals surface area contributed by atoms with Crippen LogP contribution in [-0.4, -0.2) is 45.8 Å². The molecule has 0 aliphatic heterocycles. The number of aryl methyl sites for hydroxylation is 1. The molecule has 2 aromatic heterocycles. The lowest BCUT2D eigenvalue weighted by Gasteiger charge is -2.18. The molecule has 1 amide bonds. The Hall–Kier alpha value is -2.96. The number of hydrogen-bond donors (Lipinski definition) is 0. The number of nitrogens with zero attached hydrogens (tertiary/aromatic N) is 4. The number of carbonyl (C=O) groups excluding carboxylic acids is 1. The number of ether oxygens (including phenoxy) is 1. The van der Waals surface area contributed by atoms with Crippen molar-refractivity contribution in [3.8, 4) is 5.75 Å². The quantitative estimate of drug-likeness (QED) is 0.665. The van der Waals surface area contributed by atoms with Crippen LogP contribution < -0.4 is 4.74 Å². The van der Waals surface area contributed by atoms with Gasteiger partial charge in [0.2, 0.25) is 0 Å². The molecule has 0 aliphatic rings. The summed E-state index contributed by atoms with van der Waals surface area (Å²) in [6.07, 6.45) is 1.73. The molecule has 0 bridgehead atoms. The third-order valence-corrected chi connectivity index (χ3v) is 4.33. The third kappa shape index (κ3) is 4.07. The van der Waals surface area contributed by atoms with Crippen molar-refractivity contribution < 1.29 is 13.9 Å². The van der Waals surface area contributed by atoms with Gasteiger partial charge >= 0.3 is 0 Å². The summed E-state index contributed by atoms with van der Waals surface area (Å²) >= 11 is 0. The fraction of sp³-hybridized carbons (Fsp3) is 0.350. The van der Waals surface area contributed by atoms with E-state index in [-0.39, 0.29) is 17.8 Å². The van der Waals surface area contributed by atoms with E-state index in [2.05, 4.69) is 10.1 Å². The topological polar surface area (TPSA) is 60.2 Å². The molecule has 0 spiro atoms. The van der Waals surface area contributed by atoms with Crippen molar-refractivity contribution in [1.29, 1.82) is 0 Å². The van der Waals surface area contributed by atoms with Crippen LogP contribution in [0.5, 0.6) is 5.75 Å². The number of benzene rings is 1. The first-order chi connectivity index (χ1) is 12.9. The Morgan fingerprint density at radius 3 is 2.67 bits per heavy atom. The van der Waals surface area contributed by atoms with E-state index in [1.54, 1.807) is 30.3 Å². The molecule has 0 saturated carbocycles. The van der Waals surface area contributed by atoms with E-state index in [0.29, 0.717) is 30.2 Å². The van der Waals surface area contributed by atoms with Gasteiger partial charge in [-0.3, -0.25) is 4.79 Å². The highest BCUT2D eigenvalue weighted by atomic mass is 19.1. The first kappa shape index (κ1) is 18.8. The zero-order chi connectivity index (χ0) is 19.6. The summed E-state index contributed by atoms with van der Waals surface area (Å²) in [4.78, 5) is 19.0. The van der Waals surface area contributed by atoms with Gasteiger partial charge in [-0.05, 0) is 51.1 Å². The van der Waals surface area contributed by atoms with Crippen molar-refractivity contribution in [2.45, 2.75) is 26.8 Å². The number of halogens is 1. The summed E-state index contributed by atoms with van der Waals surface area (Å²) in [7, 11) is 1.72. The number of carbonyl (C=O) groups is 1. The number of rotatable bonds is 6. The maximum atomic E-state index is 12.9. The summed E-state index contributed by atoms with van der Waals surface area (Å²) in [5.41, 5.74) is 2.00. The van der Waals surface area contributed by atoms with Gasteiger partial charge in [0, 0.05) is 18.5 Å². The maximum Gasteiger partial charge on any atom is 0.255 e. The predicted octanol–water partition coefficient (Wildman–Crippen LogP) is 3.61. The summed E-state index contributed by atoms with van der Waals surface area (Å²) in [5, 5.41) is 5.19. The lowest BCUT2D eigenvalue weighted by atomic mass is 10.1. The van der Waals surface area contributed by atoms with E-state index in [1.807, 2.05) is 31.5 Å². The second-order valence-electron chi connectivity index (χ2n) is 6.75. The molecule has 7 heteroatoms. The molecule has 142 valence electrons. The van der Waals surface area contributed by atoms with Gasteiger partial charge < -0.3 is 9.64 Å². The van der Waals surface area contributed by atoms with Crippen LogP contribution in [0.1, 0.15) is 35.9 Å². The fourth-order valence-electron chi connectivity index (χ4n) is 2.80. The molecule has 6 nitrogen and oxygen atoms in total. The average Bonchev–Trinajstić information content (AvgIpc) is 3.05. The highest BCUT2D eigenvalue weighted by Crippen LogP contribution is 2.20. The molecular weight excluding hydrogens is 347 g/mol. The summed E-state index contributed by atoms with van der Waals surface area (Å²) in [6.45, 7) is 6.62. The molecule has 27 heavy (non-hydrogen) atoms.